The third kappa shape index (κ3) is 6.82. The van der Waals surface area contributed by atoms with Crippen LogP contribution in [0.4, 0.5) is 0 Å². The van der Waals surface area contributed by atoms with Crippen LogP contribution in [-0.4, -0.2) is 48.9 Å². The molecule has 1 aliphatic heterocycles. The first-order valence-electron chi connectivity index (χ1n) is 9.02. The lowest BCUT2D eigenvalue weighted by molar-refractivity contribution is -0.131. The Morgan fingerprint density at radius 3 is 2.38 bits per heavy atom. The van der Waals surface area contributed by atoms with Crippen LogP contribution in [0.3, 0.4) is 0 Å². The van der Waals surface area contributed by atoms with Crippen molar-refractivity contribution in [2.75, 3.05) is 27.2 Å². The molecule has 0 aliphatic carbocycles. The van der Waals surface area contributed by atoms with Crippen molar-refractivity contribution in [3.63, 3.8) is 0 Å². The molecule has 0 aromatic carbocycles. The Kier molecular flexibility index (Phi) is 8.98. The van der Waals surface area contributed by atoms with Crippen LogP contribution in [-0.2, 0) is 4.79 Å². The van der Waals surface area contributed by atoms with Crippen molar-refractivity contribution in [1.29, 1.82) is 0 Å². The predicted octanol–water partition coefficient (Wildman–Crippen LogP) is 3.93. The number of likely N-dealkylation sites (N-methyl/N-ethyl adjacent to an activating group) is 1. The number of amides is 1. The normalized spacial score (nSPS) is 20.2. The van der Waals surface area contributed by atoms with E-state index in [1.165, 1.54) is 44.9 Å². The van der Waals surface area contributed by atoms with Gasteiger partial charge in [-0.2, -0.15) is 0 Å². The minimum absolute atomic E-state index is 0.400. The van der Waals surface area contributed by atoms with Crippen LogP contribution in [0.2, 0.25) is 0 Å². The van der Waals surface area contributed by atoms with Gasteiger partial charge < -0.3 is 9.80 Å². The zero-order chi connectivity index (χ0) is 15.7. The third-order valence-corrected chi connectivity index (χ3v) is 4.89. The van der Waals surface area contributed by atoms with E-state index >= 15 is 0 Å². The smallest absolute Gasteiger partial charge is 0.222 e. The summed E-state index contributed by atoms with van der Waals surface area (Å²) in [5.41, 5.74) is 0. The molecule has 1 heterocycles. The second-order valence-electron chi connectivity index (χ2n) is 6.95. The molecule has 1 fully saturated rings. The van der Waals surface area contributed by atoms with Crippen LogP contribution in [0.5, 0.6) is 0 Å². The first-order valence-corrected chi connectivity index (χ1v) is 9.02. The molecular formula is C18H36N2O. The highest BCUT2D eigenvalue weighted by atomic mass is 16.2. The van der Waals surface area contributed by atoms with E-state index in [1.54, 1.807) is 0 Å². The average molecular weight is 296 g/mol. The summed E-state index contributed by atoms with van der Waals surface area (Å²) in [6.07, 6.45) is 10.8. The summed E-state index contributed by atoms with van der Waals surface area (Å²) in [4.78, 5) is 16.9. The Morgan fingerprint density at radius 2 is 1.81 bits per heavy atom. The van der Waals surface area contributed by atoms with Gasteiger partial charge in [0.05, 0.1) is 0 Å². The van der Waals surface area contributed by atoms with Gasteiger partial charge in [0.25, 0.3) is 0 Å². The molecule has 1 saturated heterocycles. The maximum absolute atomic E-state index is 12.5. The topological polar surface area (TPSA) is 23.6 Å². The summed E-state index contributed by atoms with van der Waals surface area (Å²) >= 11 is 0. The van der Waals surface area contributed by atoms with Gasteiger partial charge in [-0.05, 0) is 39.3 Å². The SMILES string of the molecule is CCCCCC(CCCC)CC(=O)N1CC[C@H](N(C)C)C1. The van der Waals surface area contributed by atoms with Gasteiger partial charge in [0.2, 0.25) is 5.91 Å². The van der Waals surface area contributed by atoms with Crippen molar-refractivity contribution in [3.05, 3.63) is 0 Å². The zero-order valence-electron chi connectivity index (χ0n) is 14.7. The molecule has 3 nitrogen and oxygen atoms in total. The maximum atomic E-state index is 12.5. The van der Waals surface area contributed by atoms with Crippen molar-refractivity contribution in [3.8, 4) is 0 Å². The molecule has 21 heavy (non-hydrogen) atoms. The monoisotopic (exact) mass is 296 g/mol. The number of carbonyl (C=O) groups excluding carboxylic acids is 1. The Labute approximate surface area is 132 Å². The lowest BCUT2D eigenvalue weighted by Crippen LogP contribution is -2.35. The Hall–Kier alpha value is -0.570. The molecule has 1 aliphatic rings. The van der Waals surface area contributed by atoms with Gasteiger partial charge in [0, 0.05) is 25.6 Å². The van der Waals surface area contributed by atoms with Crippen LogP contribution in [0.15, 0.2) is 0 Å². The summed E-state index contributed by atoms with van der Waals surface area (Å²) < 4.78 is 0. The molecule has 1 amide bonds. The van der Waals surface area contributed by atoms with Crippen LogP contribution in [0, 0.1) is 5.92 Å². The van der Waals surface area contributed by atoms with Crippen LogP contribution < -0.4 is 0 Å². The molecule has 0 aromatic heterocycles. The van der Waals surface area contributed by atoms with Crippen molar-refractivity contribution in [2.45, 2.75) is 77.7 Å². The van der Waals surface area contributed by atoms with E-state index in [2.05, 4.69) is 37.7 Å². The van der Waals surface area contributed by atoms with Crippen molar-refractivity contribution >= 4 is 5.91 Å². The molecule has 0 bridgehead atoms. The molecule has 3 heteroatoms. The third-order valence-electron chi connectivity index (χ3n) is 4.89. The second kappa shape index (κ2) is 10.2. The molecule has 1 rings (SSSR count). The van der Waals surface area contributed by atoms with Gasteiger partial charge in [0.1, 0.15) is 0 Å². The quantitative estimate of drug-likeness (QED) is 0.570. The first kappa shape index (κ1) is 18.5. The minimum Gasteiger partial charge on any atom is -0.341 e. The standard InChI is InChI=1S/C18H36N2O/c1-5-7-9-11-16(10-8-6-2)14-18(21)20-13-12-17(15-20)19(3)4/h16-17H,5-15H2,1-4H3/t16?,17-/m0/s1. The fourth-order valence-corrected chi connectivity index (χ4v) is 3.29. The summed E-state index contributed by atoms with van der Waals surface area (Å²) in [7, 11) is 4.24. The lowest BCUT2D eigenvalue weighted by atomic mass is 9.92. The molecule has 0 N–H and O–H groups in total. The molecule has 0 aromatic rings. The molecular weight excluding hydrogens is 260 g/mol. The van der Waals surface area contributed by atoms with E-state index < -0.39 is 0 Å². The number of carbonyl (C=O) groups is 1. The van der Waals surface area contributed by atoms with Crippen molar-refractivity contribution in [1.82, 2.24) is 9.80 Å². The van der Waals surface area contributed by atoms with Crippen LogP contribution in [0.25, 0.3) is 0 Å². The average Bonchev–Trinajstić information content (AvgIpc) is 2.94. The fourth-order valence-electron chi connectivity index (χ4n) is 3.29. The van der Waals surface area contributed by atoms with Gasteiger partial charge in [-0.1, -0.05) is 46.0 Å². The van der Waals surface area contributed by atoms with Gasteiger partial charge >= 0.3 is 0 Å². The van der Waals surface area contributed by atoms with Gasteiger partial charge in [-0.15, -0.1) is 0 Å². The van der Waals surface area contributed by atoms with Crippen LogP contribution in [0.1, 0.15) is 71.6 Å². The van der Waals surface area contributed by atoms with Crippen molar-refractivity contribution in [2.24, 2.45) is 5.92 Å². The molecule has 0 spiro atoms. The highest BCUT2D eigenvalue weighted by molar-refractivity contribution is 5.76. The number of unbranched alkanes of at least 4 members (excludes halogenated alkanes) is 3. The first-order chi connectivity index (χ1) is 10.1. The number of likely N-dealkylation sites (tertiary alicyclic amines) is 1. The van der Waals surface area contributed by atoms with E-state index in [9.17, 15) is 4.79 Å². The number of rotatable bonds is 10. The number of hydrogen-bond acceptors (Lipinski definition) is 2. The molecule has 0 saturated carbocycles. The van der Waals surface area contributed by atoms with Gasteiger partial charge in [-0.3, -0.25) is 4.79 Å². The zero-order valence-corrected chi connectivity index (χ0v) is 14.7. The fraction of sp³-hybridized carbons (Fsp3) is 0.944. The lowest BCUT2D eigenvalue weighted by Gasteiger charge is -2.23. The van der Waals surface area contributed by atoms with E-state index in [0.717, 1.165) is 25.9 Å². The second-order valence-corrected chi connectivity index (χ2v) is 6.95. The largest absolute Gasteiger partial charge is 0.341 e. The molecule has 124 valence electrons. The molecule has 0 radical (unpaired) electrons. The molecule has 1 unspecified atom stereocenters. The van der Waals surface area contributed by atoms with E-state index in [1.807, 2.05) is 0 Å². The van der Waals surface area contributed by atoms with Crippen molar-refractivity contribution < 1.29 is 4.79 Å². The van der Waals surface area contributed by atoms with E-state index in [0.29, 0.717) is 17.9 Å². The number of nitrogens with zero attached hydrogens (tertiary/aromatic N) is 2. The summed E-state index contributed by atoms with van der Waals surface area (Å²) in [6, 6.07) is 0.558. The minimum atomic E-state index is 0.400. The Balaban J connectivity index is 2.39. The summed E-state index contributed by atoms with van der Waals surface area (Å²) in [5.74, 6) is 1.01. The summed E-state index contributed by atoms with van der Waals surface area (Å²) in [6.45, 7) is 6.38. The number of hydrogen-bond donors (Lipinski definition) is 0. The van der Waals surface area contributed by atoms with Crippen LogP contribution >= 0.6 is 0 Å². The highest BCUT2D eigenvalue weighted by Gasteiger charge is 2.28. The summed E-state index contributed by atoms with van der Waals surface area (Å²) in [5, 5.41) is 0. The van der Waals surface area contributed by atoms with Gasteiger partial charge in [-0.25, -0.2) is 0 Å². The van der Waals surface area contributed by atoms with Gasteiger partial charge in [0.15, 0.2) is 0 Å². The van der Waals surface area contributed by atoms with E-state index in [-0.39, 0.29) is 0 Å². The molecule has 2 atom stereocenters. The predicted molar refractivity (Wildman–Crippen MR) is 90.4 cm³/mol. The Morgan fingerprint density at radius 1 is 1.14 bits per heavy atom. The highest BCUT2D eigenvalue weighted by Crippen LogP contribution is 2.23. The maximum Gasteiger partial charge on any atom is 0.222 e. The Bertz CT molecular complexity index is 291. The van der Waals surface area contributed by atoms with E-state index in [4.69, 9.17) is 0 Å².